The quantitative estimate of drug-likeness (QED) is 0.632. The maximum Gasteiger partial charge on any atom is 0.247 e. The normalized spacial score (nSPS) is 15.0. The first-order valence-corrected chi connectivity index (χ1v) is 9.58. The van der Waals surface area contributed by atoms with E-state index in [1.165, 1.54) is 18.9 Å². The topological polar surface area (TPSA) is 89.4 Å². The summed E-state index contributed by atoms with van der Waals surface area (Å²) in [6.07, 6.45) is 1.25. The molecule has 2 aromatic carbocycles. The van der Waals surface area contributed by atoms with Gasteiger partial charge in [0.15, 0.2) is 23.4 Å². The number of rotatable bonds is 3. The van der Waals surface area contributed by atoms with Crippen molar-refractivity contribution in [1.29, 1.82) is 0 Å². The number of hydrogen-bond donors (Lipinski definition) is 2. The van der Waals surface area contributed by atoms with Gasteiger partial charge in [0.1, 0.15) is 0 Å². The maximum atomic E-state index is 10.0. The summed E-state index contributed by atoms with van der Waals surface area (Å²) in [6, 6.07) is 11.0. The summed E-state index contributed by atoms with van der Waals surface area (Å²) in [6.45, 7) is 0. The van der Waals surface area contributed by atoms with Gasteiger partial charge in [-0.25, -0.2) is 0 Å². The molecular weight excluding hydrogens is 388 g/mol. The highest BCUT2D eigenvalue weighted by molar-refractivity contribution is 7.98. The van der Waals surface area contributed by atoms with Crippen molar-refractivity contribution in [2.45, 2.75) is 11.4 Å². The van der Waals surface area contributed by atoms with Crippen LogP contribution >= 0.6 is 23.4 Å². The van der Waals surface area contributed by atoms with E-state index in [4.69, 9.17) is 21.1 Å². The summed E-state index contributed by atoms with van der Waals surface area (Å²) in [5, 5.41) is 22.4. The van der Waals surface area contributed by atoms with Crippen LogP contribution in [0.5, 0.6) is 17.4 Å². The number of thioether (sulfide) groups is 1. The lowest BCUT2D eigenvalue weighted by Crippen LogP contribution is -2.17. The highest BCUT2D eigenvalue weighted by atomic mass is 35.5. The minimum atomic E-state index is -0.620. The molecule has 138 valence electrons. The van der Waals surface area contributed by atoms with E-state index in [9.17, 15) is 5.11 Å². The molecule has 0 saturated carbocycles. The first kappa shape index (κ1) is 17.7. The van der Waals surface area contributed by atoms with Crippen molar-refractivity contribution in [2.75, 3.05) is 18.7 Å². The van der Waals surface area contributed by atoms with Crippen molar-refractivity contribution in [3.05, 3.63) is 47.0 Å². The number of fused-ring (bicyclic) bond motifs is 3. The number of phenols is 1. The molecule has 1 aliphatic rings. The molecule has 0 radical (unpaired) electrons. The van der Waals surface area contributed by atoms with E-state index >= 15 is 0 Å². The molecule has 0 fully saturated rings. The highest BCUT2D eigenvalue weighted by Crippen LogP contribution is 2.42. The fraction of sp³-hybridized carbons (Fsp3) is 0.167. The van der Waals surface area contributed by atoms with Crippen molar-refractivity contribution >= 4 is 29.1 Å². The third-order valence-electron chi connectivity index (χ3n) is 4.09. The number of hydrogen-bond acceptors (Lipinski definition) is 8. The first-order chi connectivity index (χ1) is 13.1. The number of anilines is 1. The maximum absolute atomic E-state index is 10.0. The molecule has 2 N–H and O–H groups in total. The zero-order chi connectivity index (χ0) is 19.0. The van der Waals surface area contributed by atoms with Gasteiger partial charge in [0, 0.05) is 16.8 Å². The van der Waals surface area contributed by atoms with Crippen LogP contribution in [0.3, 0.4) is 0 Å². The zero-order valence-electron chi connectivity index (χ0n) is 14.4. The molecule has 0 aliphatic carbocycles. The van der Waals surface area contributed by atoms with E-state index in [0.717, 1.165) is 11.3 Å². The number of benzene rings is 2. The summed E-state index contributed by atoms with van der Waals surface area (Å²) in [5.41, 5.74) is 2.87. The molecule has 7 nitrogen and oxygen atoms in total. The lowest BCUT2D eigenvalue weighted by atomic mass is 10.1. The van der Waals surface area contributed by atoms with Crippen LogP contribution in [0, 0.1) is 0 Å². The summed E-state index contributed by atoms with van der Waals surface area (Å²) in [5.74, 6) is 0.497. The molecule has 3 aromatic rings. The first-order valence-electron chi connectivity index (χ1n) is 7.98. The van der Waals surface area contributed by atoms with Gasteiger partial charge in [-0.3, -0.25) is 0 Å². The molecule has 1 aromatic heterocycles. The van der Waals surface area contributed by atoms with Crippen molar-refractivity contribution < 1.29 is 14.6 Å². The van der Waals surface area contributed by atoms with E-state index < -0.39 is 6.23 Å². The van der Waals surface area contributed by atoms with Gasteiger partial charge in [-0.1, -0.05) is 41.6 Å². The number of methoxy groups -OCH3 is 1. The minimum absolute atomic E-state index is 0.119. The van der Waals surface area contributed by atoms with Crippen molar-refractivity contribution in [1.82, 2.24) is 15.2 Å². The van der Waals surface area contributed by atoms with Crippen LogP contribution in [0.25, 0.3) is 11.3 Å². The second-order valence-corrected chi connectivity index (χ2v) is 6.87. The van der Waals surface area contributed by atoms with E-state index in [-0.39, 0.29) is 16.5 Å². The molecule has 0 spiro atoms. The van der Waals surface area contributed by atoms with Crippen LogP contribution in [0.4, 0.5) is 5.69 Å². The third kappa shape index (κ3) is 3.22. The van der Waals surface area contributed by atoms with Crippen LogP contribution < -0.4 is 14.8 Å². The van der Waals surface area contributed by atoms with Gasteiger partial charge in [-0.15, -0.1) is 10.2 Å². The highest BCUT2D eigenvalue weighted by Gasteiger charge is 2.27. The molecule has 1 atom stereocenters. The number of ether oxygens (including phenoxy) is 2. The Kier molecular flexibility index (Phi) is 4.67. The fourth-order valence-corrected chi connectivity index (χ4v) is 3.30. The van der Waals surface area contributed by atoms with Crippen LogP contribution in [0.15, 0.2) is 41.6 Å². The van der Waals surface area contributed by atoms with Gasteiger partial charge in [-0.2, -0.15) is 4.98 Å². The molecule has 9 heteroatoms. The average molecular weight is 403 g/mol. The Morgan fingerprint density at radius 1 is 1.26 bits per heavy atom. The Labute approximate surface area is 164 Å². The number of nitrogens with zero attached hydrogens (tertiary/aromatic N) is 3. The molecule has 0 amide bonds. The van der Waals surface area contributed by atoms with Crippen molar-refractivity contribution in [3.63, 3.8) is 0 Å². The zero-order valence-corrected chi connectivity index (χ0v) is 16.0. The predicted octanol–water partition coefficient (Wildman–Crippen LogP) is 4.13. The molecule has 27 heavy (non-hydrogen) atoms. The molecule has 4 rings (SSSR count). The predicted molar refractivity (Wildman–Crippen MR) is 104 cm³/mol. The Hall–Kier alpha value is -2.71. The largest absolute Gasteiger partial charge is 0.503 e. The van der Waals surface area contributed by atoms with Crippen molar-refractivity contribution in [2.24, 2.45) is 0 Å². The Balaban J connectivity index is 1.86. The van der Waals surface area contributed by atoms with E-state index in [1.54, 1.807) is 12.1 Å². The second kappa shape index (κ2) is 7.13. The number of nitrogens with one attached hydrogen (secondary N) is 1. The number of aromatic nitrogens is 3. The molecule has 2 heterocycles. The Morgan fingerprint density at radius 3 is 2.85 bits per heavy atom. The van der Waals surface area contributed by atoms with Gasteiger partial charge in [0.2, 0.25) is 11.0 Å². The number of halogens is 1. The summed E-state index contributed by atoms with van der Waals surface area (Å²) >= 11 is 7.53. The van der Waals surface area contributed by atoms with E-state index in [2.05, 4.69) is 20.5 Å². The van der Waals surface area contributed by atoms with Gasteiger partial charge < -0.3 is 19.9 Å². The molecule has 0 bridgehead atoms. The molecule has 1 aliphatic heterocycles. The average Bonchev–Trinajstić information content (AvgIpc) is 2.86. The smallest absolute Gasteiger partial charge is 0.247 e. The van der Waals surface area contributed by atoms with Crippen LogP contribution in [0.1, 0.15) is 11.8 Å². The fourth-order valence-electron chi connectivity index (χ4n) is 2.79. The molecule has 1 unspecified atom stereocenters. The molecule has 0 saturated heterocycles. The Morgan fingerprint density at radius 2 is 2.07 bits per heavy atom. The lowest BCUT2D eigenvalue weighted by molar-refractivity contribution is 0.224. The lowest BCUT2D eigenvalue weighted by Gasteiger charge is -2.20. The SMILES string of the molecule is COc1cc(C2Nc3ccccc3-c3nnc(SC)nc3O2)cc(Cl)c1O. The Bertz CT molecular complexity index is 1020. The van der Waals surface area contributed by atoms with Crippen LogP contribution in [-0.2, 0) is 0 Å². The van der Waals surface area contributed by atoms with E-state index in [0.29, 0.717) is 22.3 Å². The van der Waals surface area contributed by atoms with Gasteiger partial charge in [-0.05, 0) is 24.5 Å². The number of phenolic OH excluding ortho intramolecular Hbond substituents is 1. The van der Waals surface area contributed by atoms with E-state index in [1.807, 2.05) is 30.5 Å². The monoisotopic (exact) mass is 402 g/mol. The van der Waals surface area contributed by atoms with Crippen LogP contribution in [0.2, 0.25) is 5.02 Å². The number of para-hydroxylation sites is 1. The summed E-state index contributed by atoms with van der Waals surface area (Å²) < 4.78 is 11.3. The van der Waals surface area contributed by atoms with Gasteiger partial charge in [0.25, 0.3) is 0 Å². The summed E-state index contributed by atoms with van der Waals surface area (Å²) in [7, 11) is 1.46. The van der Waals surface area contributed by atoms with Crippen molar-refractivity contribution in [3.8, 4) is 28.6 Å². The summed E-state index contributed by atoms with van der Waals surface area (Å²) in [4.78, 5) is 4.46. The number of aromatic hydroxyl groups is 1. The minimum Gasteiger partial charge on any atom is -0.503 e. The second-order valence-electron chi connectivity index (χ2n) is 5.69. The van der Waals surface area contributed by atoms with Gasteiger partial charge >= 0.3 is 0 Å². The third-order valence-corrected chi connectivity index (χ3v) is 4.92. The molecular formula is C18H15ClN4O3S. The van der Waals surface area contributed by atoms with Gasteiger partial charge in [0.05, 0.1) is 12.1 Å². The van der Waals surface area contributed by atoms with Crippen LogP contribution in [-0.4, -0.2) is 33.7 Å². The standard InChI is InChI=1S/C18H15ClN4O3S/c1-25-13-8-9(7-11(19)15(13)24)16-20-12-6-4-3-5-10(12)14-17(26-16)21-18(27-2)23-22-14/h3-8,16,20,24H,1-2H3.